The Kier molecular flexibility index (Phi) is 6.69. The first-order valence-electron chi connectivity index (χ1n) is 7.52. The number of benzene rings is 1. The predicted octanol–water partition coefficient (Wildman–Crippen LogP) is 0.388. The normalized spacial score (nSPS) is 12.5. The van der Waals surface area contributed by atoms with Gasteiger partial charge in [-0.1, -0.05) is 13.8 Å². The Morgan fingerprint density at radius 1 is 1.12 bits per heavy atom. The van der Waals surface area contributed by atoms with E-state index in [0.29, 0.717) is 0 Å². The van der Waals surface area contributed by atoms with E-state index < -0.39 is 39.4 Å². The number of aliphatic carboxylic acids is 1. The van der Waals surface area contributed by atoms with E-state index in [2.05, 4.69) is 5.32 Å². The van der Waals surface area contributed by atoms with Gasteiger partial charge in [0.15, 0.2) is 9.84 Å². The summed E-state index contributed by atoms with van der Waals surface area (Å²) in [6, 6.07) is 3.95. The second-order valence-corrected chi connectivity index (χ2v) is 8.09. The molecule has 0 aliphatic carbocycles. The first kappa shape index (κ1) is 20.6. The molecule has 0 aromatic heterocycles. The third-order valence-corrected chi connectivity index (χ3v) is 5.12. The lowest BCUT2D eigenvalue weighted by molar-refractivity contribution is -0.140. The van der Waals surface area contributed by atoms with E-state index in [9.17, 15) is 22.8 Å². The Hall–Kier alpha value is -2.42. The highest BCUT2D eigenvalue weighted by molar-refractivity contribution is 7.92. The van der Waals surface area contributed by atoms with Crippen LogP contribution in [0.1, 0.15) is 24.2 Å². The molecule has 2 N–H and O–H groups in total. The molecule has 0 bridgehead atoms. The number of nitrogens with one attached hydrogen (secondary N) is 1. The maximum atomic E-state index is 12.2. The molecule has 0 radical (unpaired) electrons. The Bertz CT molecular complexity index is 753. The summed E-state index contributed by atoms with van der Waals surface area (Å²) in [5, 5.41) is 11.5. The highest BCUT2D eigenvalue weighted by Crippen LogP contribution is 2.14. The number of carbonyl (C=O) groups excluding carboxylic acids is 2. The SMILES string of the molecule is CC(C)[C@H](NC(=O)c1ccc(S(=O)(=O)CC(=O)N(C)C)cc1)C(=O)O. The summed E-state index contributed by atoms with van der Waals surface area (Å²) in [5.74, 6) is -3.29. The zero-order valence-corrected chi connectivity index (χ0v) is 15.3. The second-order valence-electron chi connectivity index (χ2n) is 6.11. The Balaban J connectivity index is 2.94. The van der Waals surface area contributed by atoms with Crippen LogP contribution in [0.25, 0.3) is 0 Å². The third kappa shape index (κ3) is 5.56. The Morgan fingerprint density at radius 2 is 1.64 bits per heavy atom. The Morgan fingerprint density at radius 3 is 2.04 bits per heavy atom. The topological polar surface area (TPSA) is 121 Å². The highest BCUT2D eigenvalue weighted by atomic mass is 32.2. The number of nitrogens with zero attached hydrogens (tertiary/aromatic N) is 1. The minimum Gasteiger partial charge on any atom is -0.480 e. The van der Waals surface area contributed by atoms with Gasteiger partial charge in [0, 0.05) is 19.7 Å². The molecule has 1 aromatic carbocycles. The quantitative estimate of drug-likeness (QED) is 0.716. The maximum absolute atomic E-state index is 12.2. The van der Waals surface area contributed by atoms with Crippen molar-refractivity contribution < 1.29 is 27.9 Å². The van der Waals surface area contributed by atoms with Crippen molar-refractivity contribution in [3.63, 3.8) is 0 Å². The number of hydrogen-bond donors (Lipinski definition) is 2. The van der Waals surface area contributed by atoms with Gasteiger partial charge in [-0.3, -0.25) is 9.59 Å². The van der Waals surface area contributed by atoms with Crippen LogP contribution in [-0.2, 0) is 19.4 Å². The van der Waals surface area contributed by atoms with Crippen LogP contribution in [-0.4, -0.2) is 62.1 Å². The fraction of sp³-hybridized carbons (Fsp3) is 0.438. The minimum absolute atomic E-state index is 0.0853. The summed E-state index contributed by atoms with van der Waals surface area (Å²) in [6.07, 6.45) is 0. The van der Waals surface area contributed by atoms with Crippen LogP contribution in [0.3, 0.4) is 0 Å². The van der Waals surface area contributed by atoms with Crippen molar-refractivity contribution in [1.82, 2.24) is 10.2 Å². The number of hydrogen-bond acceptors (Lipinski definition) is 5. The molecule has 138 valence electrons. The predicted molar refractivity (Wildman–Crippen MR) is 90.9 cm³/mol. The van der Waals surface area contributed by atoms with Crippen molar-refractivity contribution >= 4 is 27.6 Å². The molecule has 1 aromatic rings. The number of carbonyl (C=O) groups is 3. The van der Waals surface area contributed by atoms with E-state index in [4.69, 9.17) is 5.11 Å². The van der Waals surface area contributed by atoms with Gasteiger partial charge in [0.05, 0.1) is 4.90 Å². The van der Waals surface area contributed by atoms with Gasteiger partial charge in [-0.25, -0.2) is 13.2 Å². The lowest BCUT2D eigenvalue weighted by Gasteiger charge is -2.18. The summed E-state index contributed by atoms with van der Waals surface area (Å²) in [7, 11) is -0.900. The van der Waals surface area contributed by atoms with Gasteiger partial charge >= 0.3 is 5.97 Å². The Labute approximate surface area is 146 Å². The van der Waals surface area contributed by atoms with Gasteiger partial charge in [-0.15, -0.1) is 0 Å². The van der Waals surface area contributed by atoms with Crippen molar-refractivity contribution in [1.29, 1.82) is 0 Å². The molecule has 0 spiro atoms. The highest BCUT2D eigenvalue weighted by Gasteiger charge is 2.25. The van der Waals surface area contributed by atoms with Crippen LogP contribution in [0.5, 0.6) is 0 Å². The van der Waals surface area contributed by atoms with E-state index in [1.54, 1.807) is 13.8 Å². The first-order valence-corrected chi connectivity index (χ1v) is 9.17. The van der Waals surface area contributed by atoms with E-state index in [0.717, 1.165) is 0 Å². The van der Waals surface area contributed by atoms with Crippen molar-refractivity contribution in [3.8, 4) is 0 Å². The fourth-order valence-corrected chi connectivity index (χ4v) is 3.23. The lowest BCUT2D eigenvalue weighted by atomic mass is 10.0. The van der Waals surface area contributed by atoms with Crippen LogP contribution in [0.2, 0.25) is 0 Å². The molecule has 0 aliphatic heterocycles. The van der Waals surface area contributed by atoms with Crippen LogP contribution in [0.4, 0.5) is 0 Å². The van der Waals surface area contributed by atoms with Crippen LogP contribution in [0.15, 0.2) is 29.2 Å². The van der Waals surface area contributed by atoms with Gasteiger partial charge in [0.2, 0.25) is 5.91 Å². The number of carboxylic acid groups (broad SMARTS) is 1. The molecule has 25 heavy (non-hydrogen) atoms. The number of sulfone groups is 1. The van der Waals surface area contributed by atoms with E-state index >= 15 is 0 Å². The molecule has 2 amide bonds. The zero-order chi connectivity index (χ0) is 19.4. The third-order valence-electron chi connectivity index (χ3n) is 3.51. The average molecular weight is 370 g/mol. The summed E-state index contributed by atoms with van der Waals surface area (Å²) < 4.78 is 24.3. The maximum Gasteiger partial charge on any atom is 0.326 e. The standard InChI is InChI=1S/C16H22N2O6S/c1-10(2)14(16(21)22)17-15(20)11-5-7-12(8-6-11)25(23,24)9-13(19)18(3)4/h5-8,10,14H,9H2,1-4H3,(H,17,20)(H,21,22)/t14-/m0/s1. The molecular formula is C16H22N2O6S. The second kappa shape index (κ2) is 8.11. The molecular weight excluding hydrogens is 348 g/mol. The van der Waals surface area contributed by atoms with E-state index in [-0.39, 0.29) is 16.4 Å². The summed E-state index contributed by atoms with van der Waals surface area (Å²) >= 11 is 0. The van der Waals surface area contributed by atoms with Crippen molar-refractivity contribution in [2.45, 2.75) is 24.8 Å². The summed E-state index contributed by atoms with van der Waals surface area (Å²) in [5.41, 5.74) is 0.129. The molecule has 1 atom stereocenters. The minimum atomic E-state index is -3.81. The van der Waals surface area contributed by atoms with Gasteiger partial charge in [-0.05, 0) is 30.2 Å². The zero-order valence-electron chi connectivity index (χ0n) is 14.5. The molecule has 0 saturated carbocycles. The van der Waals surface area contributed by atoms with E-state index in [1.165, 1.54) is 43.3 Å². The van der Waals surface area contributed by atoms with Gasteiger partial charge in [0.1, 0.15) is 11.8 Å². The van der Waals surface area contributed by atoms with Gasteiger partial charge in [0.25, 0.3) is 5.91 Å². The first-order chi connectivity index (χ1) is 11.5. The molecule has 8 nitrogen and oxygen atoms in total. The molecule has 1 rings (SSSR count). The molecule has 0 aliphatic rings. The molecule has 0 heterocycles. The van der Waals surface area contributed by atoms with Crippen LogP contribution < -0.4 is 5.32 Å². The number of amides is 2. The lowest BCUT2D eigenvalue weighted by Crippen LogP contribution is -2.44. The molecule has 9 heteroatoms. The monoisotopic (exact) mass is 370 g/mol. The van der Waals surface area contributed by atoms with Crippen molar-refractivity contribution in [3.05, 3.63) is 29.8 Å². The van der Waals surface area contributed by atoms with Crippen LogP contribution >= 0.6 is 0 Å². The summed E-state index contributed by atoms with van der Waals surface area (Å²) in [6.45, 7) is 3.33. The summed E-state index contributed by atoms with van der Waals surface area (Å²) in [4.78, 5) is 35.9. The fourth-order valence-electron chi connectivity index (χ4n) is 1.93. The average Bonchev–Trinajstić information content (AvgIpc) is 2.51. The number of carboxylic acids is 1. The smallest absolute Gasteiger partial charge is 0.326 e. The molecule has 0 saturated heterocycles. The van der Waals surface area contributed by atoms with Crippen molar-refractivity contribution in [2.75, 3.05) is 19.8 Å². The largest absolute Gasteiger partial charge is 0.480 e. The van der Waals surface area contributed by atoms with Gasteiger partial charge in [-0.2, -0.15) is 0 Å². The number of rotatable bonds is 7. The van der Waals surface area contributed by atoms with Crippen LogP contribution in [0, 0.1) is 5.92 Å². The van der Waals surface area contributed by atoms with E-state index in [1.807, 2.05) is 0 Å². The van der Waals surface area contributed by atoms with Gasteiger partial charge < -0.3 is 15.3 Å². The molecule has 0 unspecified atom stereocenters. The molecule has 0 fully saturated rings. The van der Waals surface area contributed by atoms with Crippen molar-refractivity contribution in [2.24, 2.45) is 5.92 Å².